The Kier molecular flexibility index (Phi) is 9.20. The number of aliphatic hydroxyl groups excluding tert-OH is 3. The predicted molar refractivity (Wildman–Crippen MR) is 114 cm³/mol. The Hall–Kier alpha value is -1.83. The molecule has 0 saturated heterocycles. The predicted octanol–water partition coefficient (Wildman–Crippen LogP) is 1.65. The number of carbonyl (C=O) groups excluding carboxylic acids is 1. The molecule has 0 fully saturated rings. The van der Waals surface area contributed by atoms with E-state index in [1.54, 1.807) is 0 Å². The summed E-state index contributed by atoms with van der Waals surface area (Å²) in [4.78, 5) is 13.2. The zero-order chi connectivity index (χ0) is 21.4. The number of allylic oxidation sites excluding steroid dienone is 3. The molecule has 6 N–H and O–H groups in total. The number of Topliss-reactive ketones (excluding diaryl/α,β-unsaturated/α-hetero) is 1. The third-order valence-electron chi connectivity index (χ3n) is 5.19. The summed E-state index contributed by atoms with van der Waals surface area (Å²) in [6.45, 7) is 3.92. The first-order valence-electron chi connectivity index (χ1n) is 10.3. The Bertz CT molecular complexity index is 700. The van der Waals surface area contributed by atoms with Crippen LogP contribution >= 0.6 is 0 Å². The summed E-state index contributed by atoms with van der Waals surface area (Å²) in [5.74, 6) is -0.649. The second-order valence-electron chi connectivity index (χ2n) is 8.13. The van der Waals surface area contributed by atoms with Crippen LogP contribution in [0.2, 0.25) is 0 Å². The molecule has 0 aromatic heterocycles. The van der Waals surface area contributed by atoms with Crippen molar-refractivity contribution in [2.45, 2.75) is 64.1 Å². The average Bonchev–Trinajstić information content (AvgIpc) is 2.71. The van der Waals surface area contributed by atoms with Crippen LogP contribution in [0.3, 0.4) is 0 Å². The van der Waals surface area contributed by atoms with Gasteiger partial charge in [0.05, 0.1) is 12.1 Å². The molecule has 1 aliphatic rings. The van der Waals surface area contributed by atoms with E-state index in [4.69, 9.17) is 5.73 Å². The molecule has 6 heteroatoms. The van der Waals surface area contributed by atoms with Gasteiger partial charge in [-0.1, -0.05) is 62.4 Å². The van der Waals surface area contributed by atoms with Gasteiger partial charge >= 0.3 is 0 Å². The summed E-state index contributed by atoms with van der Waals surface area (Å²) < 4.78 is 0. The fourth-order valence-electron chi connectivity index (χ4n) is 3.66. The van der Waals surface area contributed by atoms with E-state index in [1.807, 2.05) is 62.4 Å². The quantitative estimate of drug-likeness (QED) is 0.360. The number of aliphatic hydroxyl groups is 3. The molecule has 0 aliphatic heterocycles. The minimum absolute atomic E-state index is 0.102. The molecule has 0 bridgehead atoms. The first kappa shape index (κ1) is 23.4. The van der Waals surface area contributed by atoms with Crippen LogP contribution in [0.5, 0.6) is 0 Å². The van der Waals surface area contributed by atoms with Gasteiger partial charge in [-0.3, -0.25) is 10.1 Å². The maximum atomic E-state index is 13.2. The number of benzene rings is 1. The topological polar surface area (TPSA) is 116 Å². The van der Waals surface area contributed by atoms with Gasteiger partial charge in [0.15, 0.2) is 5.78 Å². The molecule has 1 aromatic carbocycles. The lowest BCUT2D eigenvalue weighted by atomic mass is 9.88. The van der Waals surface area contributed by atoms with Gasteiger partial charge in [-0.2, -0.15) is 0 Å². The number of ketones is 1. The lowest BCUT2D eigenvalue weighted by molar-refractivity contribution is -0.120. The van der Waals surface area contributed by atoms with Crippen molar-refractivity contribution < 1.29 is 20.1 Å². The van der Waals surface area contributed by atoms with Gasteiger partial charge in [0.2, 0.25) is 0 Å². The number of hydrogen-bond acceptors (Lipinski definition) is 6. The maximum Gasteiger partial charge on any atom is 0.179 e. The number of hydrogen-bond donors (Lipinski definition) is 5. The van der Waals surface area contributed by atoms with Crippen LogP contribution in [-0.2, 0) is 11.2 Å². The fourth-order valence-corrected chi connectivity index (χ4v) is 3.66. The maximum absolute atomic E-state index is 13.2. The lowest BCUT2D eigenvalue weighted by Crippen LogP contribution is -2.54. The molecule has 0 spiro atoms. The Morgan fingerprint density at radius 2 is 1.83 bits per heavy atom. The Morgan fingerprint density at radius 1 is 1.14 bits per heavy atom. The Morgan fingerprint density at radius 3 is 2.38 bits per heavy atom. The first-order valence-corrected chi connectivity index (χ1v) is 10.3. The third kappa shape index (κ3) is 7.17. The monoisotopic (exact) mass is 402 g/mol. The molecule has 29 heavy (non-hydrogen) atoms. The van der Waals surface area contributed by atoms with Crippen molar-refractivity contribution in [3.8, 4) is 0 Å². The molecule has 2 rings (SSSR count). The minimum atomic E-state index is -1.47. The van der Waals surface area contributed by atoms with Crippen molar-refractivity contribution in [2.75, 3.05) is 0 Å². The highest BCUT2D eigenvalue weighted by molar-refractivity contribution is 6.02. The van der Waals surface area contributed by atoms with E-state index in [9.17, 15) is 20.1 Å². The number of carbonyl (C=O) groups is 1. The molecule has 0 saturated carbocycles. The Labute approximate surface area is 173 Å². The summed E-state index contributed by atoms with van der Waals surface area (Å²) in [6, 6.07) is 8.92. The largest absolute Gasteiger partial charge is 0.389 e. The highest BCUT2D eigenvalue weighted by Crippen LogP contribution is 2.22. The van der Waals surface area contributed by atoms with Crippen molar-refractivity contribution in [3.63, 3.8) is 0 Å². The highest BCUT2D eigenvalue weighted by Gasteiger charge is 2.34. The summed E-state index contributed by atoms with van der Waals surface area (Å²) in [5.41, 5.74) is 7.05. The molecular formula is C23H34N2O4. The second kappa shape index (κ2) is 11.4. The summed E-state index contributed by atoms with van der Waals surface area (Å²) in [5, 5.41) is 33.8. The number of nitrogens with one attached hydrogen (secondary N) is 1. The van der Waals surface area contributed by atoms with Crippen molar-refractivity contribution in [2.24, 2.45) is 17.6 Å². The van der Waals surface area contributed by atoms with Crippen LogP contribution < -0.4 is 11.1 Å². The van der Waals surface area contributed by atoms with Gasteiger partial charge in [-0.25, -0.2) is 0 Å². The first-order chi connectivity index (χ1) is 13.8. The van der Waals surface area contributed by atoms with E-state index >= 15 is 0 Å². The van der Waals surface area contributed by atoms with Crippen molar-refractivity contribution >= 4 is 5.78 Å². The molecule has 0 heterocycles. The van der Waals surface area contributed by atoms with Gasteiger partial charge in [0, 0.05) is 11.5 Å². The van der Waals surface area contributed by atoms with Gasteiger partial charge < -0.3 is 21.1 Å². The average molecular weight is 403 g/mol. The fraction of sp³-hybridized carbons (Fsp3) is 0.522. The smallest absolute Gasteiger partial charge is 0.179 e. The summed E-state index contributed by atoms with van der Waals surface area (Å²) in [6.07, 6.45) is 4.30. The van der Waals surface area contributed by atoms with Crippen LogP contribution in [0.25, 0.3) is 0 Å². The molecule has 1 aliphatic carbocycles. The van der Waals surface area contributed by atoms with E-state index in [1.165, 1.54) is 0 Å². The summed E-state index contributed by atoms with van der Waals surface area (Å²) in [7, 11) is 0. The molecule has 0 radical (unpaired) electrons. The lowest BCUT2D eigenvalue weighted by Gasteiger charge is -2.33. The van der Waals surface area contributed by atoms with Crippen molar-refractivity contribution in [3.05, 3.63) is 59.7 Å². The molecule has 1 aromatic rings. The van der Waals surface area contributed by atoms with E-state index < -0.39 is 30.5 Å². The Balaban J connectivity index is 2.23. The van der Waals surface area contributed by atoms with E-state index in [2.05, 4.69) is 5.32 Å². The molecule has 3 unspecified atom stereocenters. The van der Waals surface area contributed by atoms with Crippen molar-refractivity contribution in [1.29, 1.82) is 0 Å². The normalized spacial score (nSPS) is 19.3. The van der Waals surface area contributed by atoms with E-state index in [0.717, 1.165) is 18.4 Å². The van der Waals surface area contributed by atoms with Crippen LogP contribution in [0, 0.1) is 11.8 Å². The van der Waals surface area contributed by atoms with Crippen LogP contribution in [0.4, 0.5) is 0 Å². The van der Waals surface area contributed by atoms with Crippen LogP contribution in [0.1, 0.15) is 38.7 Å². The molecule has 6 nitrogen and oxygen atoms in total. The van der Waals surface area contributed by atoms with Crippen LogP contribution in [-0.4, -0.2) is 45.7 Å². The van der Waals surface area contributed by atoms with Gasteiger partial charge in [0.25, 0.3) is 0 Å². The second-order valence-corrected chi connectivity index (χ2v) is 8.13. The molecule has 0 amide bonds. The molecular weight excluding hydrogens is 368 g/mol. The highest BCUT2D eigenvalue weighted by atomic mass is 16.3. The standard InChI is InChI=1S/C23H34N2O4/c1-15(2)13-18(21(27)22(24)28)23(29)25-19(14-16-9-5-3-6-10-16)20(26)17-11-7-4-8-12-17/h3,5-7,9-12,15,18-19,21-23,25,27-29H,4,8,13-14,24H2,1-2H3/t18?,19-,21-,22?,23?/m0/s1. The zero-order valence-electron chi connectivity index (χ0n) is 17.2. The molecule has 160 valence electrons. The SMILES string of the molecule is CC(C)CC(C(O)N[C@@H](Cc1ccccc1)C(=O)C1=CCCC=C1)[C@H](O)C(N)O. The van der Waals surface area contributed by atoms with Gasteiger partial charge in [-0.05, 0) is 37.2 Å². The van der Waals surface area contributed by atoms with E-state index in [-0.39, 0.29) is 11.7 Å². The zero-order valence-corrected chi connectivity index (χ0v) is 17.2. The number of nitrogens with two attached hydrogens (primary N) is 1. The third-order valence-corrected chi connectivity index (χ3v) is 5.19. The molecule has 5 atom stereocenters. The minimum Gasteiger partial charge on any atom is -0.389 e. The van der Waals surface area contributed by atoms with E-state index in [0.29, 0.717) is 18.4 Å². The van der Waals surface area contributed by atoms with Crippen molar-refractivity contribution in [1.82, 2.24) is 5.32 Å². The summed E-state index contributed by atoms with van der Waals surface area (Å²) >= 11 is 0. The van der Waals surface area contributed by atoms with Gasteiger partial charge in [0.1, 0.15) is 12.5 Å². The van der Waals surface area contributed by atoms with Crippen LogP contribution in [0.15, 0.2) is 54.1 Å². The number of rotatable bonds is 11. The van der Waals surface area contributed by atoms with Gasteiger partial charge in [-0.15, -0.1) is 0 Å².